The van der Waals surface area contributed by atoms with Crippen molar-refractivity contribution >= 4 is 22.8 Å². The van der Waals surface area contributed by atoms with E-state index in [-0.39, 0.29) is 11.8 Å². The fourth-order valence-corrected chi connectivity index (χ4v) is 3.02. The highest BCUT2D eigenvalue weighted by atomic mass is 16.5. The number of carbonyl (C=O) groups excluding carboxylic acids is 2. The maximum atomic E-state index is 12.4. The van der Waals surface area contributed by atoms with E-state index in [1.165, 1.54) is 0 Å². The van der Waals surface area contributed by atoms with Crippen LogP contribution in [0.3, 0.4) is 0 Å². The zero-order valence-corrected chi connectivity index (χ0v) is 14.6. The normalized spacial score (nSPS) is 14.3. The average molecular weight is 365 g/mol. The zero-order chi connectivity index (χ0) is 18.6. The molecule has 1 fully saturated rings. The molecule has 27 heavy (non-hydrogen) atoms. The van der Waals surface area contributed by atoms with E-state index in [2.05, 4.69) is 20.5 Å². The zero-order valence-electron chi connectivity index (χ0n) is 14.6. The number of fused-ring (bicyclic) bond motifs is 1. The molecule has 0 unspecified atom stereocenters. The van der Waals surface area contributed by atoms with Crippen LogP contribution in [0.4, 0.5) is 0 Å². The van der Waals surface area contributed by atoms with Crippen molar-refractivity contribution in [2.45, 2.75) is 6.54 Å². The summed E-state index contributed by atoms with van der Waals surface area (Å²) in [5.74, 6) is -0.256. The van der Waals surface area contributed by atoms with E-state index < -0.39 is 0 Å². The number of aromatic amines is 1. The third-order valence-corrected chi connectivity index (χ3v) is 4.53. The number of carbonyl (C=O) groups is 2. The third-order valence-electron chi connectivity index (χ3n) is 4.53. The van der Waals surface area contributed by atoms with Crippen LogP contribution in [0.5, 0.6) is 0 Å². The lowest BCUT2D eigenvalue weighted by Gasteiger charge is -2.26. The van der Waals surface area contributed by atoms with Crippen molar-refractivity contribution in [3.63, 3.8) is 0 Å². The van der Waals surface area contributed by atoms with E-state index in [4.69, 9.17) is 4.74 Å². The molecule has 1 aliphatic rings. The van der Waals surface area contributed by atoms with Crippen LogP contribution in [0, 0.1) is 0 Å². The predicted octanol–water partition coefficient (Wildman–Crippen LogP) is 1.36. The van der Waals surface area contributed by atoms with Gasteiger partial charge in [-0.05, 0) is 36.4 Å². The Bertz CT molecular complexity index is 961. The lowest BCUT2D eigenvalue weighted by atomic mass is 10.1. The van der Waals surface area contributed by atoms with Gasteiger partial charge in [-0.2, -0.15) is 5.10 Å². The Labute approximate surface area is 155 Å². The Morgan fingerprint density at radius 1 is 1.11 bits per heavy atom. The van der Waals surface area contributed by atoms with Gasteiger partial charge in [-0.25, -0.2) is 4.98 Å². The number of hydrogen-bond donors (Lipinski definition) is 2. The van der Waals surface area contributed by atoms with Gasteiger partial charge in [0.25, 0.3) is 11.8 Å². The van der Waals surface area contributed by atoms with Gasteiger partial charge in [0.1, 0.15) is 0 Å². The van der Waals surface area contributed by atoms with Crippen molar-refractivity contribution in [3.8, 4) is 0 Å². The summed E-state index contributed by atoms with van der Waals surface area (Å²) in [6.45, 7) is 2.62. The molecule has 1 aromatic carbocycles. The number of rotatable bonds is 4. The van der Waals surface area contributed by atoms with Crippen LogP contribution in [0.2, 0.25) is 0 Å². The number of hydrogen-bond acceptors (Lipinski definition) is 5. The van der Waals surface area contributed by atoms with Crippen LogP contribution in [-0.2, 0) is 11.3 Å². The molecule has 8 nitrogen and oxygen atoms in total. The summed E-state index contributed by atoms with van der Waals surface area (Å²) in [6.07, 6.45) is 1.67. The summed E-state index contributed by atoms with van der Waals surface area (Å²) in [6, 6.07) is 10.4. The molecule has 2 amide bonds. The first kappa shape index (κ1) is 17.2. The summed E-state index contributed by atoms with van der Waals surface area (Å²) < 4.78 is 5.26. The predicted molar refractivity (Wildman–Crippen MR) is 98.2 cm³/mol. The van der Waals surface area contributed by atoms with Crippen molar-refractivity contribution in [1.29, 1.82) is 0 Å². The number of benzene rings is 1. The number of ether oxygens (including phenoxy) is 1. The largest absolute Gasteiger partial charge is 0.378 e. The molecule has 0 saturated carbocycles. The molecular formula is C19H19N5O3. The molecular weight excluding hydrogens is 346 g/mol. The smallest absolute Gasteiger partial charge is 0.254 e. The molecule has 1 saturated heterocycles. The van der Waals surface area contributed by atoms with Gasteiger partial charge in [-0.15, -0.1) is 0 Å². The highest BCUT2D eigenvalue weighted by Crippen LogP contribution is 2.13. The van der Waals surface area contributed by atoms with Gasteiger partial charge in [-0.3, -0.25) is 14.7 Å². The quantitative estimate of drug-likeness (QED) is 0.727. The van der Waals surface area contributed by atoms with Gasteiger partial charge < -0.3 is 15.0 Å². The van der Waals surface area contributed by atoms with Gasteiger partial charge in [0.2, 0.25) is 0 Å². The molecule has 4 rings (SSSR count). The molecule has 1 aliphatic heterocycles. The van der Waals surface area contributed by atoms with Gasteiger partial charge in [0.15, 0.2) is 5.65 Å². The Morgan fingerprint density at radius 3 is 2.63 bits per heavy atom. The number of amides is 2. The minimum atomic E-state index is -0.216. The molecule has 0 bridgehead atoms. The highest BCUT2D eigenvalue weighted by molar-refractivity contribution is 5.98. The summed E-state index contributed by atoms with van der Waals surface area (Å²) >= 11 is 0. The van der Waals surface area contributed by atoms with Crippen molar-refractivity contribution in [3.05, 3.63) is 59.4 Å². The molecule has 0 atom stereocenters. The number of aromatic nitrogens is 3. The number of pyridine rings is 1. The number of nitrogens with one attached hydrogen (secondary N) is 2. The Hall–Kier alpha value is -3.26. The molecule has 3 aromatic rings. The number of morpholine rings is 1. The van der Waals surface area contributed by atoms with E-state index in [0.29, 0.717) is 49.6 Å². The van der Waals surface area contributed by atoms with Gasteiger partial charge in [-0.1, -0.05) is 0 Å². The summed E-state index contributed by atoms with van der Waals surface area (Å²) in [7, 11) is 0. The van der Waals surface area contributed by atoms with Crippen LogP contribution in [0.25, 0.3) is 11.0 Å². The molecule has 0 radical (unpaired) electrons. The lowest BCUT2D eigenvalue weighted by molar-refractivity contribution is 0.0303. The molecule has 138 valence electrons. The maximum Gasteiger partial charge on any atom is 0.254 e. The number of nitrogens with zero attached hydrogens (tertiary/aromatic N) is 3. The van der Waals surface area contributed by atoms with E-state index in [9.17, 15) is 9.59 Å². The van der Waals surface area contributed by atoms with Crippen LogP contribution < -0.4 is 5.32 Å². The van der Waals surface area contributed by atoms with Crippen molar-refractivity contribution in [1.82, 2.24) is 25.4 Å². The Morgan fingerprint density at radius 2 is 1.85 bits per heavy atom. The molecule has 8 heteroatoms. The first-order valence-corrected chi connectivity index (χ1v) is 8.75. The van der Waals surface area contributed by atoms with Gasteiger partial charge in [0.05, 0.1) is 25.5 Å². The van der Waals surface area contributed by atoms with E-state index in [1.807, 2.05) is 12.1 Å². The second-order valence-electron chi connectivity index (χ2n) is 6.24. The Kier molecular flexibility index (Phi) is 4.80. The second kappa shape index (κ2) is 7.55. The average Bonchev–Trinajstić information content (AvgIpc) is 3.15. The van der Waals surface area contributed by atoms with Crippen LogP contribution >= 0.6 is 0 Å². The molecule has 0 aliphatic carbocycles. The van der Waals surface area contributed by atoms with Crippen LogP contribution in [0.1, 0.15) is 26.4 Å². The SMILES string of the molecule is O=C(NCc1[nH]nc2ncccc12)c1ccc(C(=O)N2CCOCC2)cc1. The minimum absolute atomic E-state index is 0.0401. The topological polar surface area (TPSA) is 100 Å². The second-order valence-corrected chi connectivity index (χ2v) is 6.24. The summed E-state index contributed by atoms with van der Waals surface area (Å²) in [5.41, 5.74) is 2.48. The molecule has 3 heterocycles. The monoisotopic (exact) mass is 365 g/mol. The summed E-state index contributed by atoms with van der Waals surface area (Å²) in [4.78, 5) is 30.7. The van der Waals surface area contributed by atoms with Crippen LogP contribution in [-0.4, -0.2) is 58.2 Å². The first-order valence-electron chi connectivity index (χ1n) is 8.75. The van der Waals surface area contributed by atoms with Crippen molar-refractivity contribution in [2.24, 2.45) is 0 Å². The standard InChI is InChI=1S/C19H19N5O3/c25-18(21-12-16-15-2-1-7-20-17(15)23-22-16)13-3-5-14(6-4-13)19(26)24-8-10-27-11-9-24/h1-7H,8-12H2,(H,21,25)(H,20,22,23). The van der Waals surface area contributed by atoms with Crippen molar-refractivity contribution < 1.29 is 14.3 Å². The highest BCUT2D eigenvalue weighted by Gasteiger charge is 2.18. The molecule has 0 spiro atoms. The fourth-order valence-electron chi connectivity index (χ4n) is 3.02. The van der Waals surface area contributed by atoms with Gasteiger partial charge in [0, 0.05) is 35.8 Å². The summed E-state index contributed by atoms with van der Waals surface area (Å²) in [5, 5.41) is 10.7. The van der Waals surface area contributed by atoms with E-state index >= 15 is 0 Å². The van der Waals surface area contributed by atoms with E-state index in [1.54, 1.807) is 35.4 Å². The van der Waals surface area contributed by atoms with Crippen molar-refractivity contribution in [2.75, 3.05) is 26.3 Å². The molecule has 2 aromatic heterocycles. The fraction of sp³-hybridized carbons (Fsp3) is 0.263. The minimum Gasteiger partial charge on any atom is -0.378 e. The maximum absolute atomic E-state index is 12.4. The molecule has 2 N–H and O–H groups in total. The third kappa shape index (κ3) is 3.65. The number of H-pyrrole nitrogens is 1. The van der Waals surface area contributed by atoms with Crippen LogP contribution in [0.15, 0.2) is 42.6 Å². The Balaban J connectivity index is 1.39. The lowest BCUT2D eigenvalue weighted by Crippen LogP contribution is -2.40. The first-order chi connectivity index (χ1) is 13.2. The van der Waals surface area contributed by atoms with E-state index in [0.717, 1.165) is 11.1 Å². The van der Waals surface area contributed by atoms with Gasteiger partial charge >= 0.3 is 0 Å².